The minimum atomic E-state index is -0.831. The monoisotopic (exact) mass is 274 g/mol. The van der Waals surface area contributed by atoms with Crippen LogP contribution >= 0.6 is 11.8 Å². The van der Waals surface area contributed by atoms with E-state index in [-0.39, 0.29) is 12.1 Å². The van der Waals surface area contributed by atoms with Gasteiger partial charge in [0.1, 0.15) is 0 Å². The van der Waals surface area contributed by atoms with E-state index in [1.54, 1.807) is 17.8 Å². The lowest BCUT2D eigenvalue weighted by Gasteiger charge is -2.29. The fourth-order valence-electron chi connectivity index (χ4n) is 1.98. The van der Waals surface area contributed by atoms with Gasteiger partial charge in [-0.3, -0.25) is 11.3 Å². The second-order valence-electron chi connectivity index (χ2n) is 4.17. The van der Waals surface area contributed by atoms with Gasteiger partial charge in [0.05, 0.1) is 18.8 Å². The Bertz CT molecular complexity index is 400. The molecule has 0 radical (unpaired) electrons. The Morgan fingerprint density at radius 2 is 2.33 bits per heavy atom. The summed E-state index contributed by atoms with van der Waals surface area (Å²) in [5, 5.41) is 0. The number of benzene rings is 1. The van der Waals surface area contributed by atoms with Crippen LogP contribution in [-0.4, -0.2) is 30.3 Å². The molecule has 2 rings (SSSR count). The van der Waals surface area contributed by atoms with Crippen molar-refractivity contribution in [2.75, 3.05) is 18.1 Å². The van der Waals surface area contributed by atoms with Crippen molar-refractivity contribution in [2.24, 2.45) is 5.84 Å². The van der Waals surface area contributed by atoms with Crippen LogP contribution < -0.4 is 11.3 Å². The molecule has 0 saturated carbocycles. The van der Waals surface area contributed by atoms with E-state index < -0.39 is 11.6 Å². The molecule has 100 valence electrons. The van der Waals surface area contributed by atoms with Gasteiger partial charge in [0, 0.05) is 11.5 Å². The van der Waals surface area contributed by atoms with Crippen molar-refractivity contribution in [3.8, 4) is 0 Å². The second kappa shape index (κ2) is 6.47. The number of ether oxygens (including phenoxy) is 1. The van der Waals surface area contributed by atoms with Gasteiger partial charge in [0.25, 0.3) is 0 Å². The van der Waals surface area contributed by atoms with Crippen LogP contribution in [0.1, 0.15) is 5.56 Å². The van der Waals surface area contributed by atoms with Crippen molar-refractivity contribution >= 4 is 11.8 Å². The molecule has 3 nitrogen and oxygen atoms in total. The third kappa shape index (κ3) is 3.20. The summed E-state index contributed by atoms with van der Waals surface area (Å²) in [5.74, 6) is 5.62. The van der Waals surface area contributed by atoms with Crippen LogP contribution in [0.4, 0.5) is 8.78 Å². The molecule has 2 unspecified atom stereocenters. The quantitative estimate of drug-likeness (QED) is 0.645. The first-order valence-corrected chi connectivity index (χ1v) is 6.96. The zero-order valence-corrected chi connectivity index (χ0v) is 10.7. The standard InChI is InChI=1S/C12H16F2N2OS/c13-9-3-1-2-8(12(9)14)6-10(16-15)11-7-18-5-4-17-11/h1-3,10-11,16H,4-7,15H2. The first kappa shape index (κ1) is 13.7. The number of thioether (sulfide) groups is 1. The summed E-state index contributed by atoms with van der Waals surface area (Å²) in [4.78, 5) is 0. The summed E-state index contributed by atoms with van der Waals surface area (Å²) < 4.78 is 32.3. The van der Waals surface area contributed by atoms with Crippen molar-refractivity contribution in [1.82, 2.24) is 5.43 Å². The van der Waals surface area contributed by atoms with Crippen molar-refractivity contribution < 1.29 is 13.5 Å². The van der Waals surface area contributed by atoms with Gasteiger partial charge in [0.15, 0.2) is 11.6 Å². The molecular formula is C12H16F2N2OS. The Labute approximate surface area is 109 Å². The molecule has 0 aliphatic carbocycles. The molecule has 1 fully saturated rings. The van der Waals surface area contributed by atoms with Crippen molar-refractivity contribution in [1.29, 1.82) is 0 Å². The highest BCUT2D eigenvalue weighted by molar-refractivity contribution is 7.99. The number of hydrazine groups is 1. The molecule has 18 heavy (non-hydrogen) atoms. The maximum absolute atomic E-state index is 13.6. The molecule has 0 spiro atoms. The van der Waals surface area contributed by atoms with E-state index in [9.17, 15) is 8.78 Å². The lowest BCUT2D eigenvalue weighted by molar-refractivity contribution is 0.0469. The molecule has 1 aromatic carbocycles. The van der Waals surface area contributed by atoms with Crippen LogP contribution in [0.2, 0.25) is 0 Å². The van der Waals surface area contributed by atoms with Gasteiger partial charge in [-0.1, -0.05) is 12.1 Å². The fourth-order valence-corrected chi connectivity index (χ4v) is 2.92. The summed E-state index contributed by atoms with van der Waals surface area (Å²) >= 11 is 1.78. The lowest BCUT2D eigenvalue weighted by atomic mass is 10.0. The zero-order valence-electron chi connectivity index (χ0n) is 9.86. The Kier molecular flexibility index (Phi) is 4.94. The van der Waals surface area contributed by atoms with Gasteiger partial charge in [-0.25, -0.2) is 8.78 Å². The van der Waals surface area contributed by atoms with E-state index in [1.807, 2.05) is 0 Å². The highest BCUT2D eigenvalue weighted by Crippen LogP contribution is 2.19. The summed E-state index contributed by atoms with van der Waals surface area (Å²) in [7, 11) is 0. The van der Waals surface area contributed by atoms with E-state index in [4.69, 9.17) is 10.6 Å². The molecule has 1 saturated heterocycles. The maximum Gasteiger partial charge on any atom is 0.162 e. The van der Waals surface area contributed by atoms with Crippen molar-refractivity contribution in [3.05, 3.63) is 35.4 Å². The molecule has 1 heterocycles. The summed E-state index contributed by atoms with van der Waals surface area (Å²) in [6.07, 6.45) is 0.238. The topological polar surface area (TPSA) is 47.3 Å². The fraction of sp³-hybridized carbons (Fsp3) is 0.500. The number of nitrogens with two attached hydrogens (primary N) is 1. The largest absolute Gasteiger partial charge is 0.375 e. The maximum atomic E-state index is 13.6. The molecule has 3 N–H and O–H groups in total. The molecule has 1 aliphatic rings. The Balaban J connectivity index is 2.07. The molecular weight excluding hydrogens is 258 g/mol. The van der Waals surface area contributed by atoms with E-state index >= 15 is 0 Å². The third-order valence-corrected chi connectivity index (χ3v) is 4.00. The smallest absolute Gasteiger partial charge is 0.162 e. The molecule has 1 aliphatic heterocycles. The Morgan fingerprint density at radius 3 is 3.00 bits per heavy atom. The molecule has 6 heteroatoms. The minimum absolute atomic E-state index is 0.0728. The molecule has 2 atom stereocenters. The zero-order chi connectivity index (χ0) is 13.0. The van der Waals surface area contributed by atoms with Crippen LogP contribution in [0, 0.1) is 11.6 Å². The Hall–Kier alpha value is -0.690. The number of hydrogen-bond acceptors (Lipinski definition) is 4. The summed E-state index contributed by atoms with van der Waals surface area (Å²) in [5.41, 5.74) is 2.96. The number of hydrogen-bond donors (Lipinski definition) is 2. The highest BCUT2D eigenvalue weighted by atomic mass is 32.2. The summed E-state index contributed by atoms with van der Waals surface area (Å²) in [6.45, 7) is 0.666. The highest BCUT2D eigenvalue weighted by Gasteiger charge is 2.25. The first-order chi connectivity index (χ1) is 8.72. The average molecular weight is 274 g/mol. The van der Waals surface area contributed by atoms with Gasteiger partial charge in [0.2, 0.25) is 0 Å². The van der Waals surface area contributed by atoms with Gasteiger partial charge >= 0.3 is 0 Å². The SMILES string of the molecule is NNC(Cc1cccc(F)c1F)C1CSCCO1. The van der Waals surface area contributed by atoms with Gasteiger partial charge in [-0.05, 0) is 18.1 Å². The van der Waals surface area contributed by atoms with Crippen LogP contribution in [0.5, 0.6) is 0 Å². The van der Waals surface area contributed by atoms with Gasteiger partial charge in [-0.2, -0.15) is 11.8 Å². The average Bonchev–Trinajstić information content (AvgIpc) is 2.41. The van der Waals surface area contributed by atoms with E-state index in [0.29, 0.717) is 18.6 Å². The third-order valence-electron chi connectivity index (χ3n) is 2.98. The van der Waals surface area contributed by atoms with Gasteiger partial charge in [-0.15, -0.1) is 0 Å². The molecule has 1 aromatic rings. The molecule has 0 amide bonds. The van der Waals surface area contributed by atoms with Crippen LogP contribution in [0.3, 0.4) is 0 Å². The number of halogens is 2. The predicted molar refractivity (Wildman–Crippen MR) is 68.2 cm³/mol. The number of rotatable bonds is 4. The second-order valence-corrected chi connectivity index (χ2v) is 5.32. The molecule has 0 bridgehead atoms. The number of nitrogens with one attached hydrogen (secondary N) is 1. The minimum Gasteiger partial charge on any atom is -0.375 e. The summed E-state index contributed by atoms with van der Waals surface area (Å²) in [6, 6.07) is 3.96. The first-order valence-electron chi connectivity index (χ1n) is 5.80. The normalized spacial score (nSPS) is 21.8. The Morgan fingerprint density at radius 1 is 1.50 bits per heavy atom. The van der Waals surface area contributed by atoms with Crippen molar-refractivity contribution in [2.45, 2.75) is 18.6 Å². The van der Waals surface area contributed by atoms with E-state index in [1.165, 1.54) is 6.07 Å². The van der Waals surface area contributed by atoms with Crippen LogP contribution in [0.25, 0.3) is 0 Å². The van der Waals surface area contributed by atoms with E-state index in [0.717, 1.165) is 17.6 Å². The lowest BCUT2D eigenvalue weighted by Crippen LogP contribution is -2.49. The van der Waals surface area contributed by atoms with E-state index in [2.05, 4.69) is 5.43 Å². The van der Waals surface area contributed by atoms with Crippen molar-refractivity contribution in [3.63, 3.8) is 0 Å². The van der Waals surface area contributed by atoms with Crippen LogP contribution in [-0.2, 0) is 11.2 Å². The predicted octanol–water partition coefficient (Wildman–Crippen LogP) is 1.47. The van der Waals surface area contributed by atoms with Crippen LogP contribution in [0.15, 0.2) is 18.2 Å². The molecule has 0 aromatic heterocycles. The van der Waals surface area contributed by atoms with Gasteiger partial charge < -0.3 is 4.74 Å².